The Morgan fingerprint density at radius 1 is 1.53 bits per heavy atom. The number of rotatable bonds is 2. The normalized spacial score (nSPS) is 21.6. The molecule has 2 nitrogen and oxygen atoms in total. The second kappa shape index (κ2) is 3.86. The minimum Gasteiger partial charge on any atom is -0.371 e. The minimum atomic E-state index is 0.130. The molecule has 0 aromatic heterocycles. The van der Waals surface area contributed by atoms with Crippen molar-refractivity contribution in [1.29, 1.82) is 0 Å². The van der Waals surface area contributed by atoms with Crippen LogP contribution in [0.15, 0.2) is 18.2 Å². The third-order valence-corrected chi connectivity index (χ3v) is 3.33. The van der Waals surface area contributed by atoms with E-state index in [-0.39, 0.29) is 6.04 Å². The number of nitrogens with zero attached hydrogens (tertiary/aromatic N) is 1. The average Bonchev–Trinajstić information content (AvgIpc) is 2.55. The van der Waals surface area contributed by atoms with Crippen LogP contribution in [-0.2, 0) is 0 Å². The number of nitrogens with two attached hydrogens (primary N) is 1. The van der Waals surface area contributed by atoms with Crippen LogP contribution in [0, 0.1) is 0 Å². The van der Waals surface area contributed by atoms with Crippen LogP contribution in [0.3, 0.4) is 0 Å². The Bertz CT molecular complexity index is 358. The van der Waals surface area contributed by atoms with E-state index in [9.17, 15) is 0 Å². The summed E-state index contributed by atoms with van der Waals surface area (Å²) in [4.78, 5) is 2.44. The predicted octanol–water partition coefficient (Wildman–Crippen LogP) is 2.65. The molecular weight excluding hydrogens is 184 g/mol. The quantitative estimate of drug-likeness (QED) is 0.802. The van der Waals surface area contributed by atoms with Crippen molar-refractivity contribution >= 4 is 5.69 Å². The highest BCUT2D eigenvalue weighted by Crippen LogP contribution is 2.37. The predicted molar refractivity (Wildman–Crippen MR) is 65.3 cm³/mol. The Balaban J connectivity index is 2.42. The molecule has 15 heavy (non-hydrogen) atoms. The molecule has 0 saturated heterocycles. The lowest BCUT2D eigenvalue weighted by molar-refractivity contribution is 0.762. The molecule has 2 N–H and O–H groups in total. The first-order valence-corrected chi connectivity index (χ1v) is 5.77. The zero-order chi connectivity index (χ0) is 11.0. The Morgan fingerprint density at radius 2 is 2.27 bits per heavy atom. The summed E-state index contributed by atoms with van der Waals surface area (Å²) in [5.41, 5.74) is 10.0. The monoisotopic (exact) mass is 204 g/mol. The molecule has 1 aliphatic rings. The molecule has 1 heterocycles. The van der Waals surface area contributed by atoms with Crippen LogP contribution in [0.4, 0.5) is 5.69 Å². The van der Waals surface area contributed by atoms with Crippen molar-refractivity contribution in [1.82, 2.24) is 0 Å². The molecule has 1 aromatic rings. The van der Waals surface area contributed by atoms with Crippen molar-refractivity contribution < 1.29 is 0 Å². The van der Waals surface area contributed by atoms with E-state index < -0.39 is 0 Å². The van der Waals surface area contributed by atoms with Crippen molar-refractivity contribution in [2.75, 3.05) is 18.0 Å². The number of benzene rings is 1. The summed E-state index contributed by atoms with van der Waals surface area (Å²) in [5, 5.41) is 0. The number of hydrogen-bond donors (Lipinski definition) is 1. The fourth-order valence-electron chi connectivity index (χ4n) is 2.36. The van der Waals surface area contributed by atoms with Crippen molar-refractivity contribution in [3.8, 4) is 0 Å². The van der Waals surface area contributed by atoms with Crippen LogP contribution in [0.25, 0.3) is 0 Å². The summed E-state index contributed by atoms with van der Waals surface area (Å²) in [6, 6.07) is 6.80. The Morgan fingerprint density at radius 3 is 2.87 bits per heavy atom. The molecular formula is C13H20N2. The smallest absolute Gasteiger partial charge is 0.0405 e. The SMILES string of the molecule is CCN1CC(C)c2ccc(C(C)N)cc21. The molecule has 0 fully saturated rings. The Hall–Kier alpha value is -1.02. The second-order valence-electron chi connectivity index (χ2n) is 4.55. The van der Waals surface area contributed by atoms with Crippen LogP contribution in [0.1, 0.15) is 43.9 Å². The van der Waals surface area contributed by atoms with Gasteiger partial charge in [-0.05, 0) is 31.0 Å². The first-order valence-electron chi connectivity index (χ1n) is 5.77. The molecule has 0 aliphatic carbocycles. The summed E-state index contributed by atoms with van der Waals surface area (Å²) in [5.74, 6) is 0.655. The van der Waals surface area contributed by atoms with Gasteiger partial charge >= 0.3 is 0 Å². The highest BCUT2D eigenvalue weighted by molar-refractivity contribution is 5.61. The van der Waals surface area contributed by atoms with Gasteiger partial charge in [0.15, 0.2) is 0 Å². The lowest BCUT2D eigenvalue weighted by Crippen LogP contribution is -2.20. The number of likely N-dealkylation sites (N-methyl/N-ethyl adjacent to an activating group) is 1. The van der Waals surface area contributed by atoms with E-state index in [0.29, 0.717) is 5.92 Å². The number of fused-ring (bicyclic) bond motifs is 1. The summed E-state index contributed by atoms with van der Waals surface area (Å²) in [6.45, 7) is 8.77. The molecule has 82 valence electrons. The third-order valence-electron chi connectivity index (χ3n) is 3.33. The highest BCUT2D eigenvalue weighted by atomic mass is 15.1. The van der Waals surface area contributed by atoms with E-state index in [2.05, 4.69) is 36.9 Å². The standard InChI is InChI=1S/C13H20N2/c1-4-15-8-9(2)12-6-5-11(10(3)14)7-13(12)15/h5-7,9-10H,4,8,14H2,1-3H3. The minimum absolute atomic E-state index is 0.130. The van der Waals surface area contributed by atoms with Gasteiger partial charge < -0.3 is 10.6 Å². The van der Waals surface area contributed by atoms with Gasteiger partial charge in [-0.15, -0.1) is 0 Å². The maximum atomic E-state index is 5.91. The summed E-state index contributed by atoms with van der Waals surface area (Å²) in [6.07, 6.45) is 0. The van der Waals surface area contributed by atoms with E-state index in [0.717, 1.165) is 13.1 Å². The van der Waals surface area contributed by atoms with E-state index in [1.807, 2.05) is 6.92 Å². The average molecular weight is 204 g/mol. The van der Waals surface area contributed by atoms with Gasteiger partial charge in [-0.1, -0.05) is 19.1 Å². The van der Waals surface area contributed by atoms with Gasteiger partial charge in [0.2, 0.25) is 0 Å². The van der Waals surface area contributed by atoms with Crippen LogP contribution >= 0.6 is 0 Å². The molecule has 0 radical (unpaired) electrons. The number of anilines is 1. The highest BCUT2D eigenvalue weighted by Gasteiger charge is 2.24. The molecule has 0 spiro atoms. The molecule has 2 heteroatoms. The number of hydrogen-bond acceptors (Lipinski definition) is 2. The van der Waals surface area contributed by atoms with Crippen molar-refractivity contribution in [3.05, 3.63) is 29.3 Å². The van der Waals surface area contributed by atoms with Crippen molar-refractivity contribution in [3.63, 3.8) is 0 Å². The zero-order valence-electron chi connectivity index (χ0n) is 9.83. The molecule has 1 aliphatic heterocycles. The van der Waals surface area contributed by atoms with Crippen molar-refractivity contribution in [2.24, 2.45) is 5.73 Å². The van der Waals surface area contributed by atoms with Gasteiger partial charge in [-0.25, -0.2) is 0 Å². The maximum Gasteiger partial charge on any atom is 0.0405 e. The summed E-state index contributed by atoms with van der Waals surface area (Å²) >= 11 is 0. The van der Waals surface area contributed by atoms with E-state index in [4.69, 9.17) is 5.73 Å². The third kappa shape index (κ3) is 1.74. The molecule has 0 saturated carbocycles. The van der Waals surface area contributed by atoms with Gasteiger partial charge in [0, 0.05) is 30.7 Å². The van der Waals surface area contributed by atoms with Crippen LogP contribution < -0.4 is 10.6 Å². The van der Waals surface area contributed by atoms with Gasteiger partial charge in [-0.3, -0.25) is 0 Å². The molecule has 2 atom stereocenters. The van der Waals surface area contributed by atoms with Crippen LogP contribution in [-0.4, -0.2) is 13.1 Å². The van der Waals surface area contributed by atoms with E-state index >= 15 is 0 Å². The molecule has 2 rings (SSSR count). The van der Waals surface area contributed by atoms with Gasteiger partial charge in [0.1, 0.15) is 0 Å². The van der Waals surface area contributed by atoms with Gasteiger partial charge in [0.05, 0.1) is 0 Å². The molecule has 0 amide bonds. The molecule has 1 aromatic carbocycles. The zero-order valence-corrected chi connectivity index (χ0v) is 9.83. The summed E-state index contributed by atoms with van der Waals surface area (Å²) < 4.78 is 0. The fourth-order valence-corrected chi connectivity index (χ4v) is 2.36. The van der Waals surface area contributed by atoms with Gasteiger partial charge in [-0.2, -0.15) is 0 Å². The van der Waals surface area contributed by atoms with Crippen LogP contribution in [0.5, 0.6) is 0 Å². The Kier molecular flexibility index (Phi) is 2.70. The maximum absolute atomic E-state index is 5.91. The van der Waals surface area contributed by atoms with Crippen molar-refractivity contribution in [2.45, 2.75) is 32.7 Å². The Labute approximate surface area is 92.1 Å². The second-order valence-corrected chi connectivity index (χ2v) is 4.55. The lowest BCUT2D eigenvalue weighted by Gasteiger charge is -2.18. The molecule has 0 bridgehead atoms. The summed E-state index contributed by atoms with van der Waals surface area (Å²) in [7, 11) is 0. The first-order chi connectivity index (χ1) is 7.13. The van der Waals surface area contributed by atoms with Crippen LogP contribution in [0.2, 0.25) is 0 Å². The topological polar surface area (TPSA) is 29.3 Å². The van der Waals surface area contributed by atoms with E-state index in [1.165, 1.54) is 16.8 Å². The van der Waals surface area contributed by atoms with E-state index in [1.54, 1.807) is 0 Å². The first kappa shape index (κ1) is 10.5. The fraction of sp³-hybridized carbons (Fsp3) is 0.538. The van der Waals surface area contributed by atoms with Gasteiger partial charge in [0.25, 0.3) is 0 Å². The lowest BCUT2D eigenvalue weighted by atomic mass is 10.00. The largest absolute Gasteiger partial charge is 0.371 e. The molecule has 2 unspecified atom stereocenters.